The number of nitriles is 1. The summed E-state index contributed by atoms with van der Waals surface area (Å²) in [6.07, 6.45) is 5.54. The van der Waals surface area contributed by atoms with Gasteiger partial charge in [-0.05, 0) is 44.4 Å². The summed E-state index contributed by atoms with van der Waals surface area (Å²) in [7, 11) is 1.86. The second kappa shape index (κ2) is 9.54. The van der Waals surface area contributed by atoms with E-state index in [4.69, 9.17) is 4.74 Å². The summed E-state index contributed by atoms with van der Waals surface area (Å²) in [5.41, 5.74) is 3.20. The summed E-state index contributed by atoms with van der Waals surface area (Å²) in [6.45, 7) is 5.25. The Bertz CT molecular complexity index is 1160. The molecule has 1 saturated heterocycles. The Morgan fingerprint density at radius 3 is 2.94 bits per heavy atom. The van der Waals surface area contributed by atoms with Crippen molar-refractivity contribution in [2.45, 2.75) is 44.5 Å². The molecule has 3 aromatic rings. The van der Waals surface area contributed by atoms with Crippen LogP contribution >= 0.6 is 11.8 Å². The standard InChI is InChI=1S/C22H25N7O2S/c1-14-15(2)29(12-17-7-5-9-31-17)21(18(14)10-23)25-19(30)13-32-22-27-26-20(28(22)3)16-6-4-8-24-11-16/h4,6,8,11,17H,5,7,9,12-13H2,1-3H3,(H,25,30). The van der Waals surface area contributed by atoms with Crippen molar-refractivity contribution >= 4 is 23.5 Å². The number of thioether (sulfide) groups is 1. The predicted molar refractivity (Wildman–Crippen MR) is 121 cm³/mol. The van der Waals surface area contributed by atoms with Crippen LogP contribution in [-0.2, 0) is 23.1 Å². The fourth-order valence-corrected chi connectivity index (χ4v) is 4.55. The Morgan fingerprint density at radius 2 is 2.25 bits per heavy atom. The lowest BCUT2D eigenvalue weighted by Crippen LogP contribution is -2.22. The van der Waals surface area contributed by atoms with Crippen molar-refractivity contribution in [2.75, 3.05) is 17.7 Å². The Labute approximate surface area is 190 Å². The third kappa shape index (κ3) is 4.40. The molecule has 0 bridgehead atoms. The monoisotopic (exact) mass is 451 g/mol. The molecule has 32 heavy (non-hydrogen) atoms. The van der Waals surface area contributed by atoms with Gasteiger partial charge in [0.2, 0.25) is 5.91 Å². The number of carbonyl (C=O) groups is 1. The van der Waals surface area contributed by atoms with Crippen molar-refractivity contribution < 1.29 is 9.53 Å². The van der Waals surface area contributed by atoms with E-state index in [1.54, 1.807) is 12.4 Å². The first-order valence-electron chi connectivity index (χ1n) is 10.4. The fraction of sp³-hybridized carbons (Fsp3) is 0.409. The molecule has 3 aromatic heterocycles. The van der Waals surface area contributed by atoms with Gasteiger partial charge in [-0.15, -0.1) is 10.2 Å². The number of hydrogen-bond acceptors (Lipinski definition) is 7. The lowest BCUT2D eigenvalue weighted by Gasteiger charge is -2.16. The first-order valence-corrected chi connectivity index (χ1v) is 11.4. The summed E-state index contributed by atoms with van der Waals surface area (Å²) in [5.74, 6) is 1.16. The summed E-state index contributed by atoms with van der Waals surface area (Å²) < 4.78 is 9.60. The van der Waals surface area contributed by atoms with Gasteiger partial charge in [0.25, 0.3) is 0 Å². The third-order valence-corrected chi connectivity index (χ3v) is 6.72. The molecule has 0 saturated carbocycles. The zero-order chi connectivity index (χ0) is 22.7. The number of anilines is 1. The average Bonchev–Trinajstić information content (AvgIpc) is 3.50. The second-order valence-corrected chi connectivity index (χ2v) is 8.68. The van der Waals surface area contributed by atoms with Crippen molar-refractivity contribution in [3.8, 4) is 17.5 Å². The van der Waals surface area contributed by atoms with E-state index in [-0.39, 0.29) is 17.8 Å². The summed E-state index contributed by atoms with van der Waals surface area (Å²) >= 11 is 1.29. The normalized spacial score (nSPS) is 15.6. The molecule has 1 N–H and O–H groups in total. The van der Waals surface area contributed by atoms with Crippen LogP contribution in [0.15, 0.2) is 29.7 Å². The summed E-state index contributed by atoms with van der Waals surface area (Å²) in [5, 5.41) is 21.7. The Hall–Kier alpha value is -3.16. The molecule has 1 fully saturated rings. The molecule has 4 heterocycles. The molecule has 10 heteroatoms. The number of nitrogens with zero attached hydrogens (tertiary/aromatic N) is 6. The van der Waals surface area contributed by atoms with Crippen LogP contribution in [0.25, 0.3) is 11.4 Å². The molecule has 1 aliphatic rings. The van der Waals surface area contributed by atoms with Gasteiger partial charge >= 0.3 is 0 Å². The van der Waals surface area contributed by atoms with Crippen molar-refractivity contribution in [1.82, 2.24) is 24.3 Å². The molecule has 1 atom stereocenters. The minimum Gasteiger partial charge on any atom is -0.376 e. The zero-order valence-electron chi connectivity index (χ0n) is 18.3. The highest BCUT2D eigenvalue weighted by Crippen LogP contribution is 2.29. The van der Waals surface area contributed by atoms with Gasteiger partial charge in [-0.25, -0.2) is 0 Å². The molecule has 0 aliphatic carbocycles. The summed E-state index contributed by atoms with van der Waals surface area (Å²) in [4.78, 5) is 16.9. The van der Waals surface area contributed by atoms with Gasteiger partial charge in [0.05, 0.1) is 24.0 Å². The highest BCUT2D eigenvalue weighted by Gasteiger charge is 2.24. The number of nitrogens with one attached hydrogen (secondary N) is 1. The van der Waals surface area contributed by atoms with Crippen molar-refractivity contribution in [2.24, 2.45) is 7.05 Å². The second-order valence-electron chi connectivity index (χ2n) is 7.74. The number of pyridine rings is 1. The zero-order valence-corrected chi connectivity index (χ0v) is 19.1. The van der Waals surface area contributed by atoms with Crippen LogP contribution in [0.2, 0.25) is 0 Å². The van der Waals surface area contributed by atoms with E-state index in [2.05, 4.69) is 26.6 Å². The van der Waals surface area contributed by atoms with Crippen molar-refractivity contribution in [3.63, 3.8) is 0 Å². The predicted octanol–water partition coefficient (Wildman–Crippen LogP) is 3.08. The fourth-order valence-electron chi connectivity index (χ4n) is 3.84. The van der Waals surface area contributed by atoms with E-state index in [0.717, 1.165) is 36.3 Å². The maximum absolute atomic E-state index is 12.8. The van der Waals surface area contributed by atoms with Crippen LogP contribution in [0.1, 0.15) is 29.7 Å². The lowest BCUT2D eigenvalue weighted by molar-refractivity contribution is -0.113. The van der Waals surface area contributed by atoms with Gasteiger partial charge in [-0.3, -0.25) is 9.78 Å². The smallest absolute Gasteiger partial charge is 0.235 e. The van der Waals surface area contributed by atoms with Crippen LogP contribution in [0.5, 0.6) is 0 Å². The highest BCUT2D eigenvalue weighted by atomic mass is 32.2. The molecule has 0 radical (unpaired) electrons. The topological polar surface area (TPSA) is 111 Å². The maximum atomic E-state index is 12.8. The molecular formula is C22H25N7O2S. The van der Waals surface area contributed by atoms with Crippen LogP contribution < -0.4 is 5.32 Å². The molecule has 1 unspecified atom stereocenters. The minimum absolute atomic E-state index is 0.0987. The van der Waals surface area contributed by atoms with Crippen LogP contribution in [0, 0.1) is 25.2 Å². The Morgan fingerprint density at radius 1 is 1.41 bits per heavy atom. The van der Waals surface area contributed by atoms with Crippen molar-refractivity contribution in [3.05, 3.63) is 41.3 Å². The molecular weight excluding hydrogens is 426 g/mol. The molecule has 9 nitrogen and oxygen atoms in total. The quantitative estimate of drug-likeness (QED) is 0.550. The summed E-state index contributed by atoms with van der Waals surface area (Å²) in [6, 6.07) is 6.00. The minimum atomic E-state index is -0.205. The lowest BCUT2D eigenvalue weighted by atomic mass is 10.2. The van der Waals surface area contributed by atoms with E-state index in [1.165, 1.54) is 11.8 Å². The van der Waals surface area contributed by atoms with Crippen molar-refractivity contribution in [1.29, 1.82) is 5.26 Å². The van der Waals surface area contributed by atoms with Gasteiger partial charge in [0.1, 0.15) is 11.9 Å². The van der Waals surface area contributed by atoms with E-state index < -0.39 is 0 Å². The average molecular weight is 452 g/mol. The van der Waals surface area contributed by atoms with E-state index in [9.17, 15) is 10.1 Å². The number of ether oxygens (including phenoxy) is 1. The molecule has 0 spiro atoms. The van der Waals surface area contributed by atoms with E-state index >= 15 is 0 Å². The Balaban J connectivity index is 1.47. The van der Waals surface area contributed by atoms with Gasteiger partial charge in [0, 0.05) is 37.3 Å². The Kier molecular flexibility index (Phi) is 6.58. The largest absolute Gasteiger partial charge is 0.376 e. The van der Waals surface area contributed by atoms with E-state index in [0.29, 0.717) is 28.9 Å². The first-order chi connectivity index (χ1) is 15.5. The maximum Gasteiger partial charge on any atom is 0.235 e. The molecule has 166 valence electrons. The molecule has 1 amide bonds. The number of amides is 1. The number of hydrogen-bond donors (Lipinski definition) is 1. The highest BCUT2D eigenvalue weighted by molar-refractivity contribution is 7.99. The van der Waals surface area contributed by atoms with Crippen LogP contribution in [0.3, 0.4) is 0 Å². The van der Waals surface area contributed by atoms with Crippen LogP contribution in [0.4, 0.5) is 5.82 Å². The first kappa shape index (κ1) is 22.0. The third-order valence-electron chi connectivity index (χ3n) is 5.70. The van der Waals surface area contributed by atoms with E-state index in [1.807, 2.05) is 42.2 Å². The van der Waals surface area contributed by atoms with Gasteiger partial charge in [0.15, 0.2) is 11.0 Å². The van der Waals surface area contributed by atoms with Gasteiger partial charge in [-0.1, -0.05) is 11.8 Å². The van der Waals surface area contributed by atoms with Crippen LogP contribution in [-0.4, -0.2) is 48.7 Å². The SMILES string of the molecule is Cc1c(C#N)c(NC(=O)CSc2nnc(-c3cccnc3)n2C)n(CC2CCCO2)c1C. The number of carbonyl (C=O) groups excluding carboxylic acids is 1. The van der Waals surface area contributed by atoms with Gasteiger partial charge in [-0.2, -0.15) is 5.26 Å². The molecule has 0 aromatic carbocycles. The molecule has 4 rings (SSSR count). The number of aromatic nitrogens is 5. The van der Waals surface area contributed by atoms with Gasteiger partial charge < -0.3 is 19.2 Å². The number of rotatable bonds is 7. The molecule has 1 aliphatic heterocycles.